The van der Waals surface area contributed by atoms with E-state index in [0.29, 0.717) is 18.9 Å². The summed E-state index contributed by atoms with van der Waals surface area (Å²) >= 11 is 0. The number of aliphatic hydroxyl groups is 1. The van der Waals surface area contributed by atoms with Crippen molar-refractivity contribution in [2.75, 3.05) is 0 Å². The van der Waals surface area contributed by atoms with Crippen LogP contribution in [-0.2, 0) is 12.8 Å². The first kappa shape index (κ1) is 13.7. The van der Waals surface area contributed by atoms with Gasteiger partial charge in [0, 0.05) is 18.7 Å². The number of hydrogen-bond acceptors (Lipinski definition) is 2. The van der Waals surface area contributed by atoms with Crippen LogP contribution in [0.1, 0.15) is 31.1 Å². The lowest BCUT2D eigenvalue weighted by Crippen LogP contribution is -2.15. The molecule has 0 aliphatic carbocycles. The molecule has 2 aromatic rings. The zero-order valence-electron chi connectivity index (χ0n) is 11.3. The van der Waals surface area contributed by atoms with Gasteiger partial charge < -0.3 is 5.11 Å². The molecule has 1 atom stereocenters. The largest absolute Gasteiger partial charge is 0.392 e. The van der Waals surface area contributed by atoms with Gasteiger partial charge in [-0.2, -0.15) is 5.10 Å². The molecule has 0 radical (unpaired) electrons. The van der Waals surface area contributed by atoms with Crippen molar-refractivity contribution in [1.82, 2.24) is 9.78 Å². The second-order valence-electron chi connectivity index (χ2n) is 5.07. The minimum absolute atomic E-state index is 0.270. The predicted molar refractivity (Wildman–Crippen MR) is 72.4 cm³/mol. The van der Waals surface area contributed by atoms with E-state index in [4.69, 9.17) is 0 Å². The van der Waals surface area contributed by atoms with Gasteiger partial charge in [0.05, 0.1) is 11.8 Å². The Balaban J connectivity index is 1.95. The highest BCUT2D eigenvalue weighted by Gasteiger charge is 2.10. The van der Waals surface area contributed by atoms with Gasteiger partial charge in [-0.05, 0) is 44.0 Å². The third kappa shape index (κ3) is 3.89. The number of nitrogens with zero attached hydrogens (tertiary/aromatic N) is 2. The van der Waals surface area contributed by atoms with E-state index >= 15 is 0 Å². The van der Waals surface area contributed by atoms with Crippen molar-refractivity contribution in [1.29, 1.82) is 0 Å². The van der Waals surface area contributed by atoms with Gasteiger partial charge in [0.25, 0.3) is 0 Å². The fraction of sp³-hybridized carbons (Fsp3) is 0.400. The number of halogens is 1. The lowest BCUT2D eigenvalue weighted by molar-refractivity contribution is 0.173. The van der Waals surface area contributed by atoms with E-state index in [-0.39, 0.29) is 5.82 Å². The highest BCUT2D eigenvalue weighted by atomic mass is 19.1. The maximum absolute atomic E-state index is 13.0. The minimum Gasteiger partial charge on any atom is -0.392 e. The maximum atomic E-state index is 13.0. The summed E-state index contributed by atoms with van der Waals surface area (Å²) in [5, 5.41) is 14.4. The Hall–Kier alpha value is -1.68. The van der Waals surface area contributed by atoms with Crippen LogP contribution in [0.5, 0.6) is 0 Å². The van der Waals surface area contributed by atoms with Crippen LogP contribution in [-0.4, -0.2) is 21.0 Å². The quantitative estimate of drug-likeness (QED) is 0.899. The zero-order chi connectivity index (χ0) is 13.8. The second-order valence-corrected chi connectivity index (χ2v) is 5.07. The Labute approximate surface area is 112 Å². The number of benzene rings is 1. The molecule has 0 spiro atoms. The standard InChI is InChI=1S/C15H19FN2O/c1-11(2)18-7-6-14(17-18)10-15(19)9-12-4-3-5-13(16)8-12/h3-8,11,15,19H,9-10H2,1-2H3. The Morgan fingerprint density at radius 2 is 2.05 bits per heavy atom. The first-order chi connectivity index (χ1) is 9.04. The summed E-state index contributed by atoms with van der Waals surface area (Å²) in [7, 11) is 0. The number of aliphatic hydroxyl groups excluding tert-OH is 1. The fourth-order valence-corrected chi connectivity index (χ4v) is 2.02. The van der Waals surface area contributed by atoms with Crippen LogP contribution in [0.3, 0.4) is 0 Å². The highest BCUT2D eigenvalue weighted by Crippen LogP contribution is 2.11. The Bertz CT molecular complexity index is 536. The lowest BCUT2D eigenvalue weighted by atomic mass is 10.0. The Morgan fingerprint density at radius 3 is 2.68 bits per heavy atom. The van der Waals surface area contributed by atoms with Crippen molar-refractivity contribution in [3.05, 3.63) is 53.6 Å². The van der Waals surface area contributed by atoms with Crippen LogP contribution >= 0.6 is 0 Å². The summed E-state index contributed by atoms with van der Waals surface area (Å²) in [6.45, 7) is 4.11. The van der Waals surface area contributed by atoms with Crippen LogP contribution < -0.4 is 0 Å². The third-order valence-electron chi connectivity index (χ3n) is 3.00. The van der Waals surface area contributed by atoms with Gasteiger partial charge in [0.15, 0.2) is 0 Å². The van der Waals surface area contributed by atoms with Crippen LogP contribution in [0.4, 0.5) is 4.39 Å². The summed E-state index contributed by atoms with van der Waals surface area (Å²) in [6.07, 6.45) is 2.29. The minimum atomic E-state index is -0.544. The summed E-state index contributed by atoms with van der Waals surface area (Å²) in [5.74, 6) is -0.270. The SMILES string of the molecule is CC(C)n1ccc(CC(O)Cc2cccc(F)c2)n1. The first-order valence-corrected chi connectivity index (χ1v) is 6.51. The van der Waals surface area contributed by atoms with Gasteiger partial charge in [0.2, 0.25) is 0 Å². The summed E-state index contributed by atoms with van der Waals surface area (Å²) in [6, 6.07) is 8.56. The smallest absolute Gasteiger partial charge is 0.123 e. The molecule has 2 rings (SSSR count). The van der Waals surface area contributed by atoms with E-state index in [1.54, 1.807) is 6.07 Å². The molecule has 3 nitrogen and oxygen atoms in total. The third-order valence-corrected chi connectivity index (χ3v) is 3.00. The molecule has 0 fully saturated rings. The van der Waals surface area contributed by atoms with Crippen LogP contribution in [0, 0.1) is 5.82 Å². The van der Waals surface area contributed by atoms with E-state index in [9.17, 15) is 9.50 Å². The van der Waals surface area contributed by atoms with Crippen molar-refractivity contribution in [2.24, 2.45) is 0 Å². The average Bonchev–Trinajstić information content (AvgIpc) is 2.77. The molecular weight excluding hydrogens is 243 g/mol. The molecule has 1 unspecified atom stereocenters. The van der Waals surface area contributed by atoms with E-state index in [0.717, 1.165) is 11.3 Å². The second kappa shape index (κ2) is 5.97. The maximum Gasteiger partial charge on any atom is 0.123 e. The number of rotatable bonds is 5. The normalized spacial score (nSPS) is 12.9. The van der Waals surface area contributed by atoms with Gasteiger partial charge in [0.1, 0.15) is 5.82 Å². The van der Waals surface area contributed by atoms with E-state index < -0.39 is 6.10 Å². The van der Waals surface area contributed by atoms with Crippen molar-refractivity contribution in [3.63, 3.8) is 0 Å². The van der Waals surface area contributed by atoms with E-state index in [1.165, 1.54) is 12.1 Å². The van der Waals surface area contributed by atoms with Crippen molar-refractivity contribution in [2.45, 2.75) is 38.8 Å². The monoisotopic (exact) mass is 262 g/mol. The molecule has 0 saturated carbocycles. The van der Waals surface area contributed by atoms with E-state index in [1.807, 2.05) is 23.0 Å². The van der Waals surface area contributed by atoms with Crippen molar-refractivity contribution in [3.8, 4) is 0 Å². The van der Waals surface area contributed by atoms with Crippen molar-refractivity contribution < 1.29 is 9.50 Å². The van der Waals surface area contributed by atoms with Crippen molar-refractivity contribution >= 4 is 0 Å². The molecule has 1 heterocycles. The summed E-state index contributed by atoms with van der Waals surface area (Å²) in [5.41, 5.74) is 1.66. The van der Waals surface area contributed by atoms with Crippen LogP contribution in [0.2, 0.25) is 0 Å². The van der Waals surface area contributed by atoms with Crippen LogP contribution in [0.15, 0.2) is 36.5 Å². The topological polar surface area (TPSA) is 38.0 Å². The van der Waals surface area contributed by atoms with Crippen LogP contribution in [0.25, 0.3) is 0 Å². The Kier molecular flexibility index (Phi) is 4.32. The molecule has 102 valence electrons. The fourth-order valence-electron chi connectivity index (χ4n) is 2.02. The predicted octanol–water partition coefficient (Wildman–Crippen LogP) is 2.75. The lowest BCUT2D eigenvalue weighted by Gasteiger charge is -2.09. The molecule has 19 heavy (non-hydrogen) atoms. The molecule has 1 aromatic carbocycles. The number of aromatic nitrogens is 2. The molecule has 0 saturated heterocycles. The molecule has 1 aromatic heterocycles. The van der Waals surface area contributed by atoms with Gasteiger partial charge in [-0.3, -0.25) is 4.68 Å². The first-order valence-electron chi connectivity index (χ1n) is 6.51. The molecule has 0 amide bonds. The van der Waals surface area contributed by atoms with Gasteiger partial charge >= 0.3 is 0 Å². The van der Waals surface area contributed by atoms with Gasteiger partial charge in [-0.15, -0.1) is 0 Å². The average molecular weight is 262 g/mol. The van der Waals surface area contributed by atoms with Gasteiger partial charge in [-0.25, -0.2) is 4.39 Å². The number of hydrogen-bond donors (Lipinski definition) is 1. The molecule has 0 aliphatic heterocycles. The highest BCUT2D eigenvalue weighted by molar-refractivity contribution is 5.17. The Morgan fingerprint density at radius 1 is 1.26 bits per heavy atom. The molecular formula is C15H19FN2O. The zero-order valence-corrected chi connectivity index (χ0v) is 11.3. The molecule has 0 bridgehead atoms. The van der Waals surface area contributed by atoms with E-state index in [2.05, 4.69) is 18.9 Å². The summed E-state index contributed by atoms with van der Waals surface area (Å²) < 4.78 is 14.9. The summed E-state index contributed by atoms with van der Waals surface area (Å²) in [4.78, 5) is 0. The van der Waals surface area contributed by atoms with Gasteiger partial charge in [-0.1, -0.05) is 12.1 Å². The molecule has 0 aliphatic rings. The molecule has 4 heteroatoms. The molecule has 1 N–H and O–H groups in total.